The smallest absolute Gasteiger partial charge is 0.0802 e. The van der Waals surface area contributed by atoms with E-state index in [1.807, 2.05) is 24.7 Å². The van der Waals surface area contributed by atoms with E-state index in [0.29, 0.717) is 0 Å². The maximum absolute atomic E-state index is 4.54. The third-order valence-electron chi connectivity index (χ3n) is 3.50. The Balaban J connectivity index is 2.48. The number of benzene rings is 1. The Hall–Kier alpha value is -2.42. The second-order valence-corrected chi connectivity index (χ2v) is 4.51. The SMILES string of the molecule is Cn1ccc2c3ncccc3c3ccncc3c21. The molecule has 3 aromatic heterocycles. The van der Waals surface area contributed by atoms with E-state index in [1.54, 1.807) is 0 Å². The zero-order valence-corrected chi connectivity index (χ0v) is 9.96. The van der Waals surface area contributed by atoms with Gasteiger partial charge in [0.1, 0.15) is 0 Å². The van der Waals surface area contributed by atoms with E-state index in [4.69, 9.17) is 0 Å². The highest BCUT2D eigenvalue weighted by Crippen LogP contribution is 2.33. The van der Waals surface area contributed by atoms with Crippen molar-refractivity contribution in [1.82, 2.24) is 14.5 Å². The highest BCUT2D eigenvalue weighted by atomic mass is 14.9. The van der Waals surface area contributed by atoms with Crippen molar-refractivity contribution in [1.29, 1.82) is 0 Å². The lowest BCUT2D eigenvalue weighted by molar-refractivity contribution is 0.973. The van der Waals surface area contributed by atoms with Crippen LogP contribution in [0.4, 0.5) is 0 Å². The van der Waals surface area contributed by atoms with Gasteiger partial charge >= 0.3 is 0 Å². The lowest BCUT2D eigenvalue weighted by Gasteiger charge is -2.07. The first-order valence-corrected chi connectivity index (χ1v) is 5.92. The van der Waals surface area contributed by atoms with Crippen molar-refractivity contribution >= 4 is 32.6 Å². The first kappa shape index (κ1) is 9.59. The molecule has 0 aliphatic carbocycles. The summed E-state index contributed by atoms with van der Waals surface area (Å²) >= 11 is 0. The molecule has 4 rings (SSSR count). The monoisotopic (exact) mass is 233 g/mol. The summed E-state index contributed by atoms with van der Waals surface area (Å²) < 4.78 is 2.13. The van der Waals surface area contributed by atoms with Crippen molar-refractivity contribution in [2.24, 2.45) is 7.05 Å². The largest absolute Gasteiger partial charge is 0.350 e. The van der Waals surface area contributed by atoms with Gasteiger partial charge in [-0.25, -0.2) is 0 Å². The lowest BCUT2D eigenvalue weighted by atomic mass is 10.0. The van der Waals surface area contributed by atoms with Gasteiger partial charge in [0, 0.05) is 48.0 Å². The van der Waals surface area contributed by atoms with Gasteiger partial charge in [0.15, 0.2) is 0 Å². The summed E-state index contributed by atoms with van der Waals surface area (Å²) in [6.07, 6.45) is 7.70. The van der Waals surface area contributed by atoms with Crippen LogP contribution >= 0.6 is 0 Å². The molecule has 86 valence electrons. The minimum atomic E-state index is 1.06. The minimum absolute atomic E-state index is 1.06. The third kappa shape index (κ3) is 1.08. The quantitative estimate of drug-likeness (QED) is 0.436. The fourth-order valence-corrected chi connectivity index (χ4v) is 2.71. The fourth-order valence-electron chi connectivity index (χ4n) is 2.71. The molecule has 3 nitrogen and oxygen atoms in total. The van der Waals surface area contributed by atoms with Crippen LogP contribution in [0.3, 0.4) is 0 Å². The van der Waals surface area contributed by atoms with E-state index in [-0.39, 0.29) is 0 Å². The van der Waals surface area contributed by atoms with Crippen LogP contribution in [0.15, 0.2) is 49.1 Å². The zero-order valence-electron chi connectivity index (χ0n) is 9.96. The van der Waals surface area contributed by atoms with Crippen molar-refractivity contribution in [3.63, 3.8) is 0 Å². The molecule has 4 aromatic rings. The lowest BCUT2D eigenvalue weighted by Crippen LogP contribution is -1.89. The molecule has 0 unspecified atom stereocenters. The van der Waals surface area contributed by atoms with E-state index in [0.717, 1.165) is 5.52 Å². The predicted molar refractivity (Wildman–Crippen MR) is 73.5 cm³/mol. The first-order chi connectivity index (χ1) is 8.86. The number of hydrogen-bond acceptors (Lipinski definition) is 2. The Bertz CT molecular complexity index is 890. The van der Waals surface area contributed by atoms with Crippen molar-refractivity contribution in [3.05, 3.63) is 49.1 Å². The van der Waals surface area contributed by atoms with Gasteiger partial charge in [-0.3, -0.25) is 9.97 Å². The minimum Gasteiger partial charge on any atom is -0.350 e. The molecule has 18 heavy (non-hydrogen) atoms. The maximum Gasteiger partial charge on any atom is 0.0802 e. The fraction of sp³-hybridized carbons (Fsp3) is 0.0667. The molecule has 0 fully saturated rings. The van der Waals surface area contributed by atoms with Gasteiger partial charge in [0.05, 0.1) is 11.0 Å². The van der Waals surface area contributed by atoms with Crippen LogP contribution in [-0.2, 0) is 7.05 Å². The topological polar surface area (TPSA) is 30.7 Å². The molecule has 0 amide bonds. The molecule has 0 aliphatic rings. The van der Waals surface area contributed by atoms with Crippen molar-refractivity contribution < 1.29 is 0 Å². The van der Waals surface area contributed by atoms with Crippen molar-refractivity contribution in [2.45, 2.75) is 0 Å². The van der Waals surface area contributed by atoms with Gasteiger partial charge in [0.25, 0.3) is 0 Å². The molecular formula is C15H11N3. The van der Waals surface area contributed by atoms with Gasteiger partial charge in [0.2, 0.25) is 0 Å². The average Bonchev–Trinajstić information content (AvgIpc) is 2.82. The van der Waals surface area contributed by atoms with Crippen LogP contribution in [0, 0.1) is 0 Å². The number of nitrogens with zero attached hydrogens (tertiary/aromatic N) is 3. The normalized spacial score (nSPS) is 11.6. The summed E-state index contributed by atoms with van der Waals surface area (Å²) in [6, 6.07) is 8.29. The first-order valence-electron chi connectivity index (χ1n) is 5.92. The Labute approximate surface area is 104 Å². The standard InChI is InChI=1S/C15H11N3/c1-18-8-5-12-14-11(3-2-6-17-14)10-4-7-16-9-13(10)15(12)18/h2-9H,1H3. The maximum atomic E-state index is 4.54. The number of aryl methyl sites for hydroxylation is 1. The van der Waals surface area contributed by atoms with Gasteiger partial charge in [-0.2, -0.15) is 0 Å². The predicted octanol–water partition coefficient (Wildman–Crippen LogP) is 3.27. The molecule has 3 heterocycles. The number of fused-ring (bicyclic) bond motifs is 6. The molecule has 0 N–H and O–H groups in total. The third-order valence-corrected chi connectivity index (χ3v) is 3.50. The van der Waals surface area contributed by atoms with Gasteiger partial charge in [-0.15, -0.1) is 0 Å². The molecule has 0 bridgehead atoms. The Morgan fingerprint density at radius 1 is 0.944 bits per heavy atom. The molecule has 0 saturated carbocycles. The number of aromatic nitrogens is 3. The van der Waals surface area contributed by atoms with E-state index < -0.39 is 0 Å². The Morgan fingerprint density at radius 2 is 1.89 bits per heavy atom. The van der Waals surface area contributed by atoms with Gasteiger partial charge < -0.3 is 4.57 Å². The van der Waals surface area contributed by atoms with Gasteiger partial charge in [-0.1, -0.05) is 6.07 Å². The molecule has 0 saturated heterocycles. The van der Waals surface area contributed by atoms with Gasteiger partial charge in [-0.05, 0) is 23.6 Å². The number of pyridine rings is 2. The second kappa shape index (κ2) is 3.29. The van der Waals surface area contributed by atoms with E-state index in [9.17, 15) is 0 Å². The van der Waals surface area contributed by atoms with E-state index in [1.165, 1.54) is 27.1 Å². The summed E-state index contributed by atoms with van der Waals surface area (Å²) in [7, 11) is 2.06. The molecule has 0 atom stereocenters. The molecule has 0 spiro atoms. The molecule has 1 aromatic carbocycles. The Kier molecular flexibility index (Phi) is 1.75. The second-order valence-electron chi connectivity index (χ2n) is 4.51. The van der Waals surface area contributed by atoms with Crippen LogP contribution < -0.4 is 0 Å². The summed E-state index contributed by atoms with van der Waals surface area (Å²) in [5.74, 6) is 0. The summed E-state index contributed by atoms with van der Waals surface area (Å²) in [5, 5.41) is 4.77. The Morgan fingerprint density at radius 3 is 2.83 bits per heavy atom. The highest BCUT2D eigenvalue weighted by molar-refractivity contribution is 6.23. The van der Waals surface area contributed by atoms with Crippen molar-refractivity contribution in [2.75, 3.05) is 0 Å². The van der Waals surface area contributed by atoms with Crippen LogP contribution in [0.25, 0.3) is 32.6 Å². The zero-order chi connectivity index (χ0) is 12.1. The number of rotatable bonds is 0. The summed E-state index contributed by atoms with van der Waals surface area (Å²) in [5.41, 5.74) is 2.26. The van der Waals surface area contributed by atoms with E-state index >= 15 is 0 Å². The average molecular weight is 233 g/mol. The summed E-state index contributed by atoms with van der Waals surface area (Å²) in [4.78, 5) is 8.80. The van der Waals surface area contributed by atoms with Crippen LogP contribution in [0.5, 0.6) is 0 Å². The molecule has 0 radical (unpaired) electrons. The van der Waals surface area contributed by atoms with E-state index in [2.05, 4.69) is 46.0 Å². The summed E-state index contributed by atoms with van der Waals surface area (Å²) in [6.45, 7) is 0. The molecular weight excluding hydrogens is 222 g/mol. The van der Waals surface area contributed by atoms with Crippen LogP contribution in [-0.4, -0.2) is 14.5 Å². The highest BCUT2D eigenvalue weighted by Gasteiger charge is 2.10. The van der Waals surface area contributed by atoms with Crippen LogP contribution in [0.2, 0.25) is 0 Å². The molecule has 0 aliphatic heterocycles. The number of hydrogen-bond donors (Lipinski definition) is 0. The van der Waals surface area contributed by atoms with Crippen molar-refractivity contribution in [3.8, 4) is 0 Å². The van der Waals surface area contributed by atoms with Crippen LogP contribution in [0.1, 0.15) is 0 Å². The molecule has 3 heteroatoms.